The Labute approximate surface area is 43.1 Å². The summed E-state index contributed by atoms with van der Waals surface area (Å²) in [5.41, 5.74) is 0. The van der Waals surface area contributed by atoms with Crippen molar-refractivity contribution in [2.75, 3.05) is 14.2 Å². The molecule has 0 saturated carbocycles. The minimum Gasteiger partial charge on any atom is -0.326 e. The highest BCUT2D eigenvalue weighted by molar-refractivity contribution is 7.76. The van der Waals surface area contributed by atoms with Crippen molar-refractivity contribution in [3.8, 4) is 0 Å². The summed E-state index contributed by atoms with van der Waals surface area (Å²) in [4.78, 5) is 0. The fourth-order valence-electron chi connectivity index (χ4n) is 0.0745. The first kappa shape index (κ1) is 6.64. The van der Waals surface area contributed by atoms with Crippen molar-refractivity contribution < 1.29 is 9.05 Å². The van der Waals surface area contributed by atoms with Gasteiger partial charge in [-0.25, -0.2) is 0 Å². The van der Waals surface area contributed by atoms with Crippen LogP contribution in [0.5, 0.6) is 0 Å². The molecule has 6 heavy (non-hydrogen) atoms. The summed E-state index contributed by atoms with van der Waals surface area (Å²) < 4.78 is 9.01. The normalized spacial score (nSPS) is 10.0. The van der Waals surface area contributed by atoms with E-state index >= 15 is 0 Å². The molecule has 0 bridgehead atoms. The second kappa shape index (κ2) is 3.82. The summed E-state index contributed by atoms with van der Waals surface area (Å²) in [7, 11) is 1.90. The molecule has 0 aliphatic heterocycles. The maximum atomic E-state index is 5.27. The molecule has 0 radical (unpaired) electrons. The lowest BCUT2D eigenvalue weighted by Crippen LogP contribution is -1.68. The third-order valence-electron chi connectivity index (χ3n) is 0.287. The van der Waals surface area contributed by atoms with E-state index in [0.29, 0.717) is 0 Å². The topological polar surface area (TPSA) is 18.5 Å². The summed E-state index contributed by atoms with van der Waals surface area (Å²) in [6.07, 6.45) is 0. The van der Waals surface area contributed by atoms with Gasteiger partial charge in [0.25, 0.3) is 7.73 Å². The summed E-state index contributed by atoms with van der Waals surface area (Å²) in [6.45, 7) is 0. The van der Waals surface area contributed by atoms with Crippen LogP contribution in [-0.4, -0.2) is 14.2 Å². The molecular weight excluding hydrogens is 122 g/mol. The van der Waals surface area contributed by atoms with Crippen LogP contribution in [0.4, 0.5) is 0 Å². The van der Waals surface area contributed by atoms with Gasteiger partial charge in [0.2, 0.25) is 0 Å². The van der Waals surface area contributed by atoms with Gasteiger partial charge in [-0.3, -0.25) is 0 Å². The van der Waals surface area contributed by atoms with Gasteiger partial charge in [-0.1, -0.05) is 0 Å². The standard InChI is InChI=1S/C2H6ClO2P/c1-4-6(3)5-2/h1-2H3. The second-order valence-corrected chi connectivity index (χ2v) is 2.56. The molecule has 0 amide bonds. The second-order valence-electron chi connectivity index (χ2n) is 0.578. The van der Waals surface area contributed by atoms with E-state index in [1.54, 1.807) is 0 Å². The van der Waals surface area contributed by atoms with Gasteiger partial charge in [-0.2, -0.15) is 0 Å². The van der Waals surface area contributed by atoms with Crippen LogP contribution in [0.1, 0.15) is 0 Å². The summed E-state index contributed by atoms with van der Waals surface area (Å²) in [6, 6.07) is 0. The van der Waals surface area contributed by atoms with Gasteiger partial charge in [0.1, 0.15) is 0 Å². The van der Waals surface area contributed by atoms with Crippen molar-refractivity contribution in [2.45, 2.75) is 0 Å². The van der Waals surface area contributed by atoms with E-state index in [2.05, 4.69) is 9.05 Å². The zero-order valence-electron chi connectivity index (χ0n) is 3.64. The van der Waals surface area contributed by atoms with Crippen molar-refractivity contribution in [1.29, 1.82) is 0 Å². The van der Waals surface area contributed by atoms with E-state index in [9.17, 15) is 0 Å². The van der Waals surface area contributed by atoms with Crippen LogP contribution in [0, 0.1) is 0 Å². The number of hydrogen-bond donors (Lipinski definition) is 0. The van der Waals surface area contributed by atoms with Crippen LogP contribution in [0.15, 0.2) is 0 Å². The quantitative estimate of drug-likeness (QED) is 0.528. The summed E-state index contributed by atoms with van der Waals surface area (Å²) in [5, 5.41) is 0. The van der Waals surface area contributed by atoms with Crippen LogP contribution in [0.2, 0.25) is 0 Å². The fourth-order valence-corrected chi connectivity index (χ4v) is 0.224. The van der Waals surface area contributed by atoms with Gasteiger partial charge in [-0.05, 0) is 11.2 Å². The van der Waals surface area contributed by atoms with E-state index in [1.165, 1.54) is 14.2 Å². The molecule has 0 atom stereocenters. The predicted octanol–water partition coefficient (Wildman–Crippen LogP) is 1.74. The monoisotopic (exact) mass is 128 g/mol. The van der Waals surface area contributed by atoms with Crippen molar-refractivity contribution in [2.24, 2.45) is 0 Å². The third kappa shape index (κ3) is 2.86. The Morgan fingerprint density at radius 2 is 1.67 bits per heavy atom. The van der Waals surface area contributed by atoms with Crippen molar-refractivity contribution >= 4 is 19.0 Å². The molecule has 0 spiro atoms. The Hall–Kier alpha value is 0.640. The number of rotatable bonds is 2. The van der Waals surface area contributed by atoms with E-state index in [0.717, 1.165) is 0 Å². The van der Waals surface area contributed by atoms with E-state index in [-0.39, 0.29) is 0 Å². The van der Waals surface area contributed by atoms with Gasteiger partial charge in [0.15, 0.2) is 0 Å². The predicted molar refractivity (Wildman–Crippen MR) is 26.8 cm³/mol. The van der Waals surface area contributed by atoms with Gasteiger partial charge >= 0.3 is 0 Å². The van der Waals surface area contributed by atoms with Crippen molar-refractivity contribution in [3.63, 3.8) is 0 Å². The highest BCUT2D eigenvalue weighted by Gasteiger charge is 1.94. The highest BCUT2D eigenvalue weighted by Crippen LogP contribution is 2.40. The van der Waals surface area contributed by atoms with Crippen LogP contribution in [0.3, 0.4) is 0 Å². The average Bonchev–Trinajstić information content (AvgIpc) is 1.65. The molecule has 4 heteroatoms. The van der Waals surface area contributed by atoms with Gasteiger partial charge in [0, 0.05) is 14.2 Å². The lowest BCUT2D eigenvalue weighted by Gasteiger charge is -1.97. The maximum absolute atomic E-state index is 5.27. The first-order valence-electron chi connectivity index (χ1n) is 1.35. The van der Waals surface area contributed by atoms with Gasteiger partial charge in [0.05, 0.1) is 0 Å². The molecule has 0 N–H and O–H groups in total. The Bertz CT molecular complexity index is 30.7. The van der Waals surface area contributed by atoms with E-state index < -0.39 is 7.73 Å². The van der Waals surface area contributed by atoms with Crippen molar-refractivity contribution in [3.05, 3.63) is 0 Å². The van der Waals surface area contributed by atoms with Crippen molar-refractivity contribution in [1.82, 2.24) is 0 Å². The average molecular weight is 128 g/mol. The number of halogens is 1. The minimum absolute atomic E-state index is 1.10. The largest absolute Gasteiger partial charge is 0.326 e. The first-order chi connectivity index (χ1) is 2.81. The van der Waals surface area contributed by atoms with Crippen LogP contribution in [0.25, 0.3) is 0 Å². The molecular formula is C2H6ClO2P. The zero-order valence-corrected chi connectivity index (χ0v) is 5.29. The molecule has 0 heterocycles. The molecule has 2 nitrogen and oxygen atoms in total. The fraction of sp³-hybridized carbons (Fsp3) is 1.00. The molecule has 0 fully saturated rings. The molecule has 0 unspecified atom stereocenters. The molecule has 0 aliphatic carbocycles. The molecule has 0 rings (SSSR count). The molecule has 0 aliphatic rings. The zero-order chi connectivity index (χ0) is 4.99. The molecule has 0 aromatic carbocycles. The Kier molecular flexibility index (Phi) is 4.22. The summed E-state index contributed by atoms with van der Waals surface area (Å²) in [5.74, 6) is 0. The Morgan fingerprint density at radius 1 is 1.33 bits per heavy atom. The van der Waals surface area contributed by atoms with E-state index in [1.807, 2.05) is 0 Å². The van der Waals surface area contributed by atoms with Gasteiger partial charge < -0.3 is 9.05 Å². The lowest BCUT2D eigenvalue weighted by atomic mass is 11.8. The first-order valence-corrected chi connectivity index (χ1v) is 3.43. The molecule has 38 valence electrons. The third-order valence-corrected chi connectivity index (χ3v) is 1.69. The molecule has 0 aromatic rings. The van der Waals surface area contributed by atoms with Crippen LogP contribution >= 0.6 is 19.0 Å². The van der Waals surface area contributed by atoms with E-state index in [4.69, 9.17) is 11.2 Å². The smallest absolute Gasteiger partial charge is 0.276 e. The Balaban J connectivity index is 2.75. The van der Waals surface area contributed by atoms with Gasteiger partial charge in [-0.15, -0.1) is 0 Å². The van der Waals surface area contributed by atoms with Crippen LogP contribution < -0.4 is 0 Å². The SMILES string of the molecule is COP(Cl)OC. The maximum Gasteiger partial charge on any atom is 0.276 e. The minimum atomic E-state index is -1.10. The molecule has 0 aromatic heterocycles. The lowest BCUT2D eigenvalue weighted by molar-refractivity contribution is 0.355. The Morgan fingerprint density at radius 3 is 1.67 bits per heavy atom. The summed E-state index contributed by atoms with van der Waals surface area (Å²) >= 11 is 5.27. The number of hydrogen-bond acceptors (Lipinski definition) is 2. The highest BCUT2D eigenvalue weighted by atomic mass is 35.7. The van der Waals surface area contributed by atoms with Crippen LogP contribution in [-0.2, 0) is 9.05 Å². The molecule has 0 saturated heterocycles.